The van der Waals surface area contributed by atoms with Gasteiger partial charge in [0.25, 0.3) is 0 Å². The molecule has 2 atom stereocenters. The molecule has 0 saturated carbocycles. The van der Waals surface area contributed by atoms with Crippen molar-refractivity contribution in [3.8, 4) is 5.75 Å². The van der Waals surface area contributed by atoms with Crippen LogP contribution >= 0.6 is 23.2 Å². The maximum absolute atomic E-state index is 14.8. The van der Waals surface area contributed by atoms with Crippen molar-refractivity contribution in [2.75, 3.05) is 39.0 Å². The minimum atomic E-state index is -3.37. The van der Waals surface area contributed by atoms with Gasteiger partial charge in [-0.05, 0) is 72.4 Å². The van der Waals surface area contributed by atoms with Gasteiger partial charge in [-0.1, -0.05) is 74.3 Å². The smallest absolute Gasteiger partial charge is 0.326 e. The van der Waals surface area contributed by atoms with Crippen LogP contribution in [0.1, 0.15) is 62.9 Å². The van der Waals surface area contributed by atoms with E-state index in [4.69, 9.17) is 32.9 Å². The van der Waals surface area contributed by atoms with E-state index in [1.165, 1.54) is 10.6 Å². The summed E-state index contributed by atoms with van der Waals surface area (Å²) in [7, 11) is -3.37. The molecule has 1 saturated heterocycles. The molecule has 0 bridgehead atoms. The lowest BCUT2D eigenvalue weighted by Gasteiger charge is -2.40. The Labute approximate surface area is 276 Å². The zero-order valence-corrected chi connectivity index (χ0v) is 28.9. The van der Waals surface area contributed by atoms with Crippen LogP contribution in [-0.4, -0.2) is 73.4 Å². The Balaban J connectivity index is 1.71. The molecule has 8 nitrogen and oxygen atoms in total. The fourth-order valence-electron chi connectivity index (χ4n) is 6.04. The number of hydrogen-bond donors (Lipinski definition) is 0. The maximum atomic E-state index is 14.8. The lowest BCUT2D eigenvalue weighted by atomic mass is 9.81. The molecule has 2 aliphatic heterocycles. The number of benzene rings is 3. The lowest BCUT2D eigenvalue weighted by Crippen LogP contribution is -2.55. The van der Waals surface area contributed by atoms with Crippen molar-refractivity contribution < 1.29 is 17.9 Å². The number of aliphatic imine (C=N–C) groups is 1. The summed E-state index contributed by atoms with van der Waals surface area (Å²) in [5.74, 6) is 1.12. The summed E-state index contributed by atoms with van der Waals surface area (Å²) in [6.45, 7) is 11.8. The highest BCUT2D eigenvalue weighted by atomic mass is 35.5. The van der Waals surface area contributed by atoms with E-state index in [2.05, 4.69) is 26.8 Å². The van der Waals surface area contributed by atoms with Gasteiger partial charge in [-0.3, -0.25) is 9.89 Å². The van der Waals surface area contributed by atoms with Crippen molar-refractivity contribution in [3.63, 3.8) is 0 Å². The second-order valence-electron chi connectivity index (χ2n) is 12.7. The molecule has 0 unspecified atom stereocenters. The molecule has 3 aromatic carbocycles. The zero-order valence-electron chi connectivity index (χ0n) is 26.5. The summed E-state index contributed by atoms with van der Waals surface area (Å²) >= 11 is 12.6. The summed E-state index contributed by atoms with van der Waals surface area (Å²) in [5.41, 5.74) is 2.47. The van der Waals surface area contributed by atoms with Crippen LogP contribution in [-0.2, 0) is 21.0 Å². The fourth-order valence-corrected chi connectivity index (χ4v) is 7.12. The van der Waals surface area contributed by atoms with E-state index < -0.39 is 21.6 Å². The summed E-state index contributed by atoms with van der Waals surface area (Å²) in [5, 5.41) is 1.18. The van der Waals surface area contributed by atoms with Crippen molar-refractivity contribution in [2.24, 2.45) is 4.99 Å². The second kappa shape index (κ2) is 12.6. The second-order valence-corrected chi connectivity index (χ2v) is 15.6. The monoisotopic (exact) mass is 670 g/mol. The molecule has 2 heterocycles. The van der Waals surface area contributed by atoms with Gasteiger partial charge in [0, 0.05) is 36.2 Å². The lowest BCUT2D eigenvalue weighted by molar-refractivity contribution is 0.136. The number of sulfonamides is 1. The average molecular weight is 672 g/mol. The summed E-state index contributed by atoms with van der Waals surface area (Å²) in [6.07, 6.45) is 1.19. The molecular formula is C34H40Cl2N4O4S. The molecule has 3 aromatic rings. The van der Waals surface area contributed by atoms with Crippen molar-refractivity contribution in [1.29, 1.82) is 0 Å². The van der Waals surface area contributed by atoms with Crippen LogP contribution in [0.3, 0.4) is 0 Å². The third-order valence-electron chi connectivity index (χ3n) is 8.54. The van der Waals surface area contributed by atoms with E-state index in [-0.39, 0.29) is 37.6 Å². The third kappa shape index (κ3) is 6.73. The van der Waals surface area contributed by atoms with Crippen LogP contribution in [0.15, 0.2) is 71.7 Å². The molecular weight excluding hydrogens is 631 g/mol. The molecule has 0 radical (unpaired) electrons. The molecule has 0 aliphatic carbocycles. The van der Waals surface area contributed by atoms with Gasteiger partial charge >= 0.3 is 6.03 Å². The van der Waals surface area contributed by atoms with Crippen molar-refractivity contribution in [2.45, 2.75) is 51.6 Å². The van der Waals surface area contributed by atoms with E-state index in [1.54, 1.807) is 9.80 Å². The molecule has 0 aromatic heterocycles. The number of amides is 2. The highest BCUT2D eigenvalue weighted by Gasteiger charge is 2.52. The van der Waals surface area contributed by atoms with Gasteiger partial charge in [0.1, 0.15) is 17.1 Å². The maximum Gasteiger partial charge on any atom is 0.326 e. The number of carbonyl (C=O) groups is 1. The average Bonchev–Trinajstić information content (AvgIpc) is 3.30. The van der Waals surface area contributed by atoms with Gasteiger partial charge in [0.15, 0.2) is 0 Å². The highest BCUT2D eigenvalue weighted by Crippen LogP contribution is 2.50. The van der Waals surface area contributed by atoms with E-state index in [1.807, 2.05) is 74.5 Å². The first-order chi connectivity index (χ1) is 21.1. The number of ether oxygens (including phenoxy) is 1. The Morgan fingerprint density at radius 2 is 1.53 bits per heavy atom. The molecule has 0 N–H and O–H groups in total. The Hall–Kier alpha value is -3.11. The van der Waals surface area contributed by atoms with Gasteiger partial charge in [0.2, 0.25) is 10.0 Å². The van der Waals surface area contributed by atoms with E-state index in [0.717, 1.165) is 16.7 Å². The Morgan fingerprint density at radius 3 is 2.07 bits per heavy atom. The molecule has 1 fully saturated rings. The van der Waals surface area contributed by atoms with Crippen molar-refractivity contribution >= 4 is 45.1 Å². The first kappa shape index (κ1) is 33.3. The van der Waals surface area contributed by atoms with E-state index in [9.17, 15) is 13.2 Å². The zero-order chi connectivity index (χ0) is 32.7. The van der Waals surface area contributed by atoms with Crippen LogP contribution in [0, 0.1) is 0 Å². The SMILES string of the molecule is CCOc1cc(C(C)(C)C)ccc1C1=N[C@@](C)(c2ccc(Cl)cc2)[C@H](c2ccc(Cl)cc2)N1C(=O)N1CCN(S(C)(=O)=O)CC1. The molecule has 240 valence electrons. The van der Waals surface area contributed by atoms with E-state index >= 15 is 0 Å². The predicted octanol–water partition coefficient (Wildman–Crippen LogP) is 7.11. The minimum absolute atomic E-state index is 0.125. The third-order valence-corrected chi connectivity index (χ3v) is 10.4. The number of nitrogens with zero attached hydrogens (tertiary/aromatic N) is 4. The first-order valence-electron chi connectivity index (χ1n) is 15.1. The molecule has 2 amide bonds. The molecule has 45 heavy (non-hydrogen) atoms. The molecule has 0 spiro atoms. The van der Waals surface area contributed by atoms with Crippen LogP contribution in [0.4, 0.5) is 4.79 Å². The summed E-state index contributed by atoms with van der Waals surface area (Å²) in [6, 6.07) is 20.3. The number of urea groups is 1. The number of carbonyl (C=O) groups excluding carboxylic acids is 1. The van der Waals surface area contributed by atoms with E-state index in [0.29, 0.717) is 33.8 Å². The summed E-state index contributed by atoms with van der Waals surface area (Å²) < 4.78 is 32.1. The highest BCUT2D eigenvalue weighted by molar-refractivity contribution is 7.88. The quantitative estimate of drug-likeness (QED) is 0.280. The normalized spacial score (nSPS) is 21.2. The standard InChI is InChI=1S/C34H40Cl2N4O4S/c1-7-44-29-22-25(33(2,3)4)12-17-28(29)31-37-34(5,24-10-15-27(36)16-11-24)30(23-8-13-26(35)14-9-23)40(31)32(41)38-18-20-39(21-19-38)45(6,42)43/h8-17,22,30H,7,18-21H2,1-6H3/t30-,34-/m0/s1. The van der Waals surface area contributed by atoms with Gasteiger partial charge in [0.05, 0.1) is 24.5 Å². The Bertz CT molecular complexity index is 1700. The predicted molar refractivity (Wildman–Crippen MR) is 181 cm³/mol. The van der Waals surface area contributed by atoms with Crippen molar-refractivity contribution in [3.05, 3.63) is 99.0 Å². The fraction of sp³-hybridized carbons (Fsp3) is 0.412. The number of amidine groups is 1. The van der Waals surface area contributed by atoms with Crippen LogP contribution in [0.25, 0.3) is 0 Å². The number of halogens is 2. The Kier molecular flexibility index (Phi) is 9.30. The van der Waals surface area contributed by atoms with Gasteiger partial charge in [-0.2, -0.15) is 4.31 Å². The minimum Gasteiger partial charge on any atom is -0.493 e. The van der Waals surface area contributed by atoms with Gasteiger partial charge < -0.3 is 9.64 Å². The molecule has 5 rings (SSSR count). The van der Waals surface area contributed by atoms with Crippen molar-refractivity contribution in [1.82, 2.24) is 14.1 Å². The van der Waals surface area contributed by atoms with Crippen LogP contribution in [0.5, 0.6) is 5.75 Å². The van der Waals surface area contributed by atoms with Crippen LogP contribution in [0.2, 0.25) is 10.0 Å². The molecule has 11 heteroatoms. The van der Waals surface area contributed by atoms with Gasteiger partial charge in [-0.25, -0.2) is 13.2 Å². The topological polar surface area (TPSA) is 82.5 Å². The number of hydrogen-bond acceptors (Lipinski definition) is 5. The molecule has 2 aliphatic rings. The van der Waals surface area contributed by atoms with Gasteiger partial charge in [-0.15, -0.1) is 0 Å². The Morgan fingerprint density at radius 1 is 0.956 bits per heavy atom. The first-order valence-corrected chi connectivity index (χ1v) is 17.7. The largest absolute Gasteiger partial charge is 0.493 e. The van der Waals surface area contributed by atoms with Crippen LogP contribution < -0.4 is 4.74 Å². The summed E-state index contributed by atoms with van der Waals surface area (Å²) in [4.78, 5) is 23.6. The number of piperazine rings is 1. The number of rotatable bonds is 6.